The van der Waals surface area contributed by atoms with E-state index in [1.807, 2.05) is 75.4 Å². The molecule has 29 heavy (non-hydrogen) atoms. The van der Waals surface area contributed by atoms with E-state index in [1.54, 1.807) is 12.0 Å². The fourth-order valence-electron chi connectivity index (χ4n) is 3.98. The molecule has 1 saturated heterocycles. The number of cyclic esters (lactones) is 1. The highest BCUT2D eigenvalue weighted by molar-refractivity contribution is 5.70. The number of hydrogen-bond acceptors (Lipinski definition) is 5. The van der Waals surface area contributed by atoms with E-state index in [1.165, 1.54) is 0 Å². The van der Waals surface area contributed by atoms with Gasteiger partial charge in [0.1, 0.15) is 11.4 Å². The highest BCUT2D eigenvalue weighted by atomic mass is 16.6. The fourth-order valence-corrected chi connectivity index (χ4v) is 3.98. The number of ether oxygens (including phenoxy) is 2. The first-order chi connectivity index (χ1) is 13.8. The van der Waals surface area contributed by atoms with E-state index in [0.717, 1.165) is 16.9 Å². The van der Waals surface area contributed by atoms with Gasteiger partial charge in [-0.1, -0.05) is 42.5 Å². The Kier molecular flexibility index (Phi) is 6.15. The van der Waals surface area contributed by atoms with Crippen molar-refractivity contribution in [3.63, 3.8) is 0 Å². The summed E-state index contributed by atoms with van der Waals surface area (Å²) in [6, 6.07) is 17.5. The van der Waals surface area contributed by atoms with Crippen molar-refractivity contribution in [3.05, 3.63) is 65.7 Å². The summed E-state index contributed by atoms with van der Waals surface area (Å²) in [6.07, 6.45) is 0.781. The van der Waals surface area contributed by atoms with E-state index >= 15 is 0 Å². The molecule has 0 unspecified atom stereocenters. The van der Waals surface area contributed by atoms with Gasteiger partial charge in [0.25, 0.3) is 0 Å². The van der Waals surface area contributed by atoms with Crippen LogP contribution in [0.25, 0.3) is 0 Å². The van der Waals surface area contributed by atoms with E-state index in [2.05, 4.69) is 0 Å². The molecule has 1 heterocycles. The van der Waals surface area contributed by atoms with E-state index in [-0.39, 0.29) is 12.1 Å². The van der Waals surface area contributed by atoms with E-state index in [0.29, 0.717) is 19.4 Å². The number of benzene rings is 2. The lowest BCUT2D eigenvalue weighted by atomic mass is 9.80. The zero-order valence-corrected chi connectivity index (χ0v) is 17.6. The van der Waals surface area contributed by atoms with Crippen LogP contribution in [0.2, 0.25) is 0 Å². The number of amides is 1. The van der Waals surface area contributed by atoms with Gasteiger partial charge in [-0.25, -0.2) is 10.7 Å². The summed E-state index contributed by atoms with van der Waals surface area (Å²) < 4.78 is 11.3. The lowest BCUT2D eigenvalue weighted by molar-refractivity contribution is -0.122. The van der Waals surface area contributed by atoms with Crippen molar-refractivity contribution in [1.82, 2.24) is 4.90 Å². The van der Waals surface area contributed by atoms with Gasteiger partial charge in [0.05, 0.1) is 18.8 Å². The topological polar surface area (TPSA) is 74.0 Å². The Balaban J connectivity index is 1.84. The number of carbonyl (C=O) groups is 1. The lowest BCUT2D eigenvalue weighted by Crippen LogP contribution is -2.51. The van der Waals surface area contributed by atoms with E-state index < -0.39 is 11.2 Å². The summed E-state index contributed by atoms with van der Waals surface area (Å²) in [4.78, 5) is 20.0. The first-order valence-corrected chi connectivity index (χ1v) is 9.87. The Morgan fingerprint density at radius 3 is 2.38 bits per heavy atom. The van der Waals surface area contributed by atoms with Crippen LogP contribution in [0, 0.1) is 0 Å². The van der Waals surface area contributed by atoms with Crippen LogP contribution in [0.3, 0.4) is 0 Å². The molecule has 0 spiro atoms. The Hall–Kier alpha value is -2.57. The van der Waals surface area contributed by atoms with Crippen molar-refractivity contribution in [2.45, 2.75) is 50.9 Å². The molecule has 1 fully saturated rings. The molecule has 0 saturated carbocycles. The molecule has 156 valence electrons. The van der Waals surface area contributed by atoms with Crippen LogP contribution in [0.5, 0.6) is 5.75 Å². The second kappa shape index (κ2) is 8.43. The highest BCUT2D eigenvalue weighted by Gasteiger charge is 2.47. The second-order valence-corrected chi connectivity index (χ2v) is 8.18. The standard InChI is InChI=1S/C23H30N2O4/c1-17(18-10-12-20(27-4)13-11-18)25-15-14-23(28-21(25)26,16-22(2,3)29-24)19-8-6-5-7-9-19/h5-13,17H,14-16,24H2,1-4H3/t17-,23-/m0/s1. The summed E-state index contributed by atoms with van der Waals surface area (Å²) in [5.41, 5.74) is 0.563. The minimum Gasteiger partial charge on any atom is -0.497 e. The number of nitrogens with two attached hydrogens (primary N) is 1. The third kappa shape index (κ3) is 4.54. The Morgan fingerprint density at radius 2 is 1.83 bits per heavy atom. The summed E-state index contributed by atoms with van der Waals surface area (Å²) in [5.74, 6) is 6.30. The third-order valence-electron chi connectivity index (χ3n) is 5.67. The third-order valence-corrected chi connectivity index (χ3v) is 5.67. The van der Waals surface area contributed by atoms with Crippen molar-refractivity contribution >= 4 is 6.09 Å². The average Bonchev–Trinajstić information content (AvgIpc) is 2.74. The van der Waals surface area contributed by atoms with Crippen LogP contribution in [0.1, 0.15) is 50.8 Å². The molecule has 1 aliphatic rings. The van der Waals surface area contributed by atoms with Gasteiger partial charge in [-0.15, -0.1) is 0 Å². The van der Waals surface area contributed by atoms with Crippen molar-refractivity contribution in [3.8, 4) is 5.75 Å². The fraction of sp³-hybridized carbons (Fsp3) is 0.435. The normalized spacial score (nSPS) is 20.9. The van der Waals surface area contributed by atoms with Crippen LogP contribution in [-0.4, -0.2) is 30.2 Å². The summed E-state index contributed by atoms with van der Waals surface area (Å²) in [5, 5.41) is 0. The van der Waals surface area contributed by atoms with Crippen LogP contribution in [-0.2, 0) is 15.2 Å². The van der Waals surface area contributed by atoms with Gasteiger partial charge >= 0.3 is 6.09 Å². The number of hydrogen-bond donors (Lipinski definition) is 1. The van der Waals surface area contributed by atoms with Gasteiger partial charge in [-0.3, -0.25) is 4.84 Å². The van der Waals surface area contributed by atoms with Gasteiger partial charge < -0.3 is 14.4 Å². The molecule has 0 aromatic heterocycles. The molecule has 0 bridgehead atoms. The van der Waals surface area contributed by atoms with Crippen molar-refractivity contribution in [2.24, 2.45) is 5.90 Å². The monoisotopic (exact) mass is 398 g/mol. The predicted octanol–water partition coefficient (Wildman–Crippen LogP) is 4.55. The molecule has 0 aliphatic carbocycles. The molecule has 6 heteroatoms. The first kappa shape index (κ1) is 21.1. The summed E-state index contributed by atoms with van der Waals surface area (Å²) in [7, 11) is 1.64. The Morgan fingerprint density at radius 1 is 1.17 bits per heavy atom. The second-order valence-electron chi connectivity index (χ2n) is 8.18. The smallest absolute Gasteiger partial charge is 0.411 e. The highest BCUT2D eigenvalue weighted by Crippen LogP contribution is 2.42. The quantitative estimate of drug-likeness (QED) is 0.693. The van der Waals surface area contributed by atoms with Crippen LogP contribution < -0.4 is 10.6 Å². The zero-order chi connectivity index (χ0) is 21.1. The van der Waals surface area contributed by atoms with Gasteiger partial charge in [0.2, 0.25) is 0 Å². The van der Waals surface area contributed by atoms with Crippen molar-refractivity contribution < 1.29 is 19.1 Å². The maximum Gasteiger partial charge on any atom is 0.411 e. The molecule has 2 N–H and O–H groups in total. The van der Waals surface area contributed by atoms with Crippen LogP contribution in [0.4, 0.5) is 4.79 Å². The summed E-state index contributed by atoms with van der Waals surface area (Å²) in [6.45, 7) is 6.38. The first-order valence-electron chi connectivity index (χ1n) is 9.87. The van der Waals surface area contributed by atoms with E-state index in [9.17, 15) is 4.79 Å². The molecule has 2 atom stereocenters. The molecule has 6 nitrogen and oxygen atoms in total. The van der Waals surface area contributed by atoms with Crippen molar-refractivity contribution in [1.29, 1.82) is 0 Å². The average molecular weight is 399 g/mol. The number of methoxy groups -OCH3 is 1. The molecular weight excluding hydrogens is 368 g/mol. The van der Waals surface area contributed by atoms with Gasteiger partial charge in [0, 0.05) is 19.4 Å². The SMILES string of the molecule is COc1ccc([C@H](C)N2CC[C@](CC(C)(C)ON)(c3ccccc3)OC2=O)cc1. The maximum absolute atomic E-state index is 13.1. The van der Waals surface area contributed by atoms with Gasteiger partial charge in [-0.05, 0) is 44.0 Å². The number of nitrogens with zero attached hydrogens (tertiary/aromatic N) is 1. The Labute approximate surface area is 172 Å². The summed E-state index contributed by atoms with van der Waals surface area (Å²) >= 11 is 0. The predicted molar refractivity (Wildman–Crippen MR) is 111 cm³/mol. The number of carbonyl (C=O) groups excluding carboxylic acids is 1. The molecule has 3 rings (SSSR count). The molecule has 1 amide bonds. The zero-order valence-electron chi connectivity index (χ0n) is 17.6. The minimum atomic E-state index is -0.780. The number of rotatable bonds is 7. The molecule has 0 radical (unpaired) electrons. The van der Waals surface area contributed by atoms with Crippen molar-refractivity contribution in [2.75, 3.05) is 13.7 Å². The van der Waals surface area contributed by atoms with Gasteiger partial charge in [0.15, 0.2) is 0 Å². The van der Waals surface area contributed by atoms with Crippen LogP contribution >= 0.6 is 0 Å². The molecule has 2 aromatic carbocycles. The van der Waals surface area contributed by atoms with Gasteiger partial charge in [-0.2, -0.15) is 0 Å². The Bertz CT molecular complexity index is 823. The largest absolute Gasteiger partial charge is 0.497 e. The molecule has 2 aromatic rings. The van der Waals surface area contributed by atoms with Crippen LogP contribution in [0.15, 0.2) is 54.6 Å². The van der Waals surface area contributed by atoms with E-state index in [4.69, 9.17) is 20.2 Å². The molecular formula is C23H30N2O4. The maximum atomic E-state index is 13.1. The minimum absolute atomic E-state index is 0.110. The lowest BCUT2D eigenvalue weighted by Gasteiger charge is -2.46. The molecule has 1 aliphatic heterocycles.